The van der Waals surface area contributed by atoms with Crippen LogP contribution in [0.25, 0.3) is 0 Å². The Labute approximate surface area is 173 Å². The molecular weight excluding hydrogens is 383 g/mol. The van der Waals surface area contributed by atoms with Gasteiger partial charge in [-0.2, -0.15) is 0 Å². The van der Waals surface area contributed by atoms with E-state index in [1.165, 1.54) is 17.2 Å². The number of fused-ring (bicyclic) bond motifs is 1. The summed E-state index contributed by atoms with van der Waals surface area (Å²) in [5, 5.41) is 0. The van der Waals surface area contributed by atoms with Crippen molar-refractivity contribution in [2.75, 3.05) is 0 Å². The number of amides is 2. The minimum atomic E-state index is -1.05. The van der Waals surface area contributed by atoms with Crippen LogP contribution in [0, 0.1) is 12.7 Å². The smallest absolute Gasteiger partial charge is 0.257 e. The number of carbonyl (C=O) groups is 2. The van der Waals surface area contributed by atoms with Crippen LogP contribution in [0.3, 0.4) is 0 Å². The zero-order valence-corrected chi connectivity index (χ0v) is 16.5. The molecule has 6 nitrogen and oxygen atoms in total. The molecule has 1 aliphatic rings. The highest BCUT2D eigenvalue weighted by Gasteiger charge is 2.40. The first-order valence-electron chi connectivity index (χ1n) is 9.70. The third-order valence-electron chi connectivity index (χ3n) is 5.54. The van der Waals surface area contributed by atoms with Crippen molar-refractivity contribution in [3.8, 4) is 0 Å². The van der Waals surface area contributed by atoms with Gasteiger partial charge in [-0.15, -0.1) is 0 Å². The molecule has 0 saturated heterocycles. The third kappa shape index (κ3) is 3.43. The number of nitrogens with two attached hydrogens (primary N) is 1. The minimum absolute atomic E-state index is 0.308. The van der Waals surface area contributed by atoms with E-state index in [2.05, 4.69) is 9.97 Å². The molecule has 0 fully saturated rings. The first kappa shape index (κ1) is 19.7. The number of benzene rings is 1. The number of hydrogen-bond donors (Lipinski definition) is 1. The molecule has 0 aliphatic heterocycles. The number of aryl methyl sites for hydroxylation is 1. The van der Waals surface area contributed by atoms with Gasteiger partial charge in [0.15, 0.2) is 0 Å². The second-order valence-electron chi connectivity index (χ2n) is 7.30. The van der Waals surface area contributed by atoms with Crippen LogP contribution in [0.2, 0.25) is 0 Å². The van der Waals surface area contributed by atoms with E-state index in [0.717, 1.165) is 0 Å². The summed E-state index contributed by atoms with van der Waals surface area (Å²) in [6.45, 7) is 1.73. The number of aromatic nitrogens is 2. The van der Waals surface area contributed by atoms with E-state index in [1.807, 2.05) is 0 Å². The van der Waals surface area contributed by atoms with Gasteiger partial charge in [0.05, 0.1) is 11.6 Å². The van der Waals surface area contributed by atoms with Crippen molar-refractivity contribution in [1.29, 1.82) is 0 Å². The van der Waals surface area contributed by atoms with Crippen LogP contribution in [-0.4, -0.2) is 26.7 Å². The first-order chi connectivity index (χ1) is 14.5. The van der Waals surface area contributed by atoms with Gasteiger partial charge < -0.3 is 10.6 Å². The molecule has 0 spiro atoms. The van der Waals surface area contributed by atoms with Gasteiger partial charge in [0.1, 0.15) is 11.9 Å². The molecule has 2 heterocycles. The topological polar surface area (TPSA) is 89.2 Å². The summed E-state index contributed by atoms with van der Waals surface area (Å²) in [4.78, 5) is 36.1. The Hall–Kier alpha value is -3.61. The Balaban J connectivity index is 1.88. The number of rotatable bonds is 5. The molecule has 2 aromatic heterocycles. The van der Waals surface area contributed by atoms with Crippen LogP contribution in [0.15, 0.2) is 61.1 Å². The number of hydrogen-bond acceptors (Lipinski definition) is 4. The predicted octanol–water partition coefficient (Wildman–Crippen LogP) is 3.28. The van der Waals surface area contributed by atoms with E-state index in [-0.39, 0.29) is 11.7 Å². The summed E-state index contributed by atoms with van der Waals surface area (Å²) in [5.41, 5.74) is 8.47. The van der Waals surface area contributed by atoms with Gasteiger partial charge in [0, 0.05) is 29.8 Å². The maximum absolute atomic E-state index is 14.4. The second-order valence-corrected chi connectivity index (χ2v) is 7.30. The second kappa shape index (κ2) is 8.02. The molecule has 1 aliphatic carbocycles. The fraction of sp³-hybridized carbons (Fsp3) is 0.217. The van der Waals surface area contributed by atoms with Gasteiger partial charge in [-0.05, 0) is 55.2 Å². The highest BCUT2D eigenvalue weighted by atomic mass is 19.1. The standard InChI is InChI=1S/C23H21FN4O2/c1-14-16(7-4-12-27-14)23(30)28(21(22(25)29)15-5-3-11-26-13-15)20-10-9-17-18(20)6-2-8-19(17)24/h2-8,11-13,20-21H,9-10H2,1H3,(H2,25,29)/t20-,21-/m1/s1. The molecule has 3 aromatic rings. The SMILES string of the molecule is Cc1ncccc1C(=O)N([C@@H]1CCc2c(F)cccc21)[C@@H](C(N)=O)c1cccnc1. The molecule has 0 saturated carbocycles. The number of carbonyl (C=O) groups excluding carboxylic acids is 2. The monoisotopic (exact) mass is 404 g/mol. The van der Waals surface area contributed by atoms with Gasteiger partial charge in [-0.25, -0.2) is 4.39 Å². The summed E-state index contributed by atoms with van der Waals surface area (Å²) in [6, 6.07) is 10.0. The molecule has 4 rings (SSSR count). The lowest BCUT2D eigenvalue weighted by molar-refractivity contribution is -0.123. The van der Waals surface area contributed by atoms with Crippen molar-refractivity contribution in [3.63, 3.8) is 0 Å². The molecule has 152 valence electrons. The maximum Gasteiger partial charge on any atom is 0.257 e. The van der Waals surface area contributed by atoms with Gasteiger partial charge in [0.25, 0.3) is 5.91 Å². The van der Waals surface area contributed by atoms with E-state index in [0.29, 0.717) is 40.8 Å². The van der Waals surface area contributed by atoms with E-state index >= 15 is 0 Å². The lowest BCUT2D eigenvalue weighted by atomic mass is 9.98. The minimum Gasteiger partial charge on any atom is -0.368 e. The molecular formula is C23H21FN4O2. The van der Waals surface area contributed by atoms with Crippen LogP contribution < -0.4 is 5.73 Å². The number of primary amides is 1. The molecule has 0 radical (unpaired) electrons. The number of nitrogens with zero attached hydrogens (tertiary/aromatic N) is 3. The molecule has 0 unspecified atom stereocenters. The van der Waals surface area contributed by atoms with E-state index in [1.54, 1.807) is 55.7 Å². The predicted molar refractivity (Wildman–Crippen MR) is 109 cm³/mol. The first-order valence-corrected chi connectivity index (χ1v) is 9.70. The Bertz CT molecular complexity index is 1100. The van der Waals surface area contributed by atoms with Crippen LogP contribution >= 0.6 is 0 Å². The molecule has 30 heavy (non-hydrogen) atoms. The van der Waals surface area contributed by atoms with Crippen molar-refractivity contribution in [2.24, 2.45) is 5.73 Å². The molecule has 2 N–H and O–H groups in total. The van der Waals surface area contributed by atoms with E-state index in [9.17, 15) is 14.0 Å². The maximum atomic E-state index is 14.4. The van der Waals surface area contributed by atoms with Crippen LogP contribution in [0.1, 0.15) is 51.2 Å². The molecule has 1 aromatic carbocycles. The summed E-state index contributed by atoms with van der Waals surface area (Å²) >= 11 is 0. The summed E-state index contributed by atoms with van der Waals surface area (Å²) in [7, 11) is 0. The highest BCUT2D eigenvalue weighted by Crippen LogP contribution is 2.42. The summed E-state index contributed by atoms with van der Waals surface area (Å²) in [6.07, 6.45) is 5.67. The molecule has 7 heteroatoms. The largest absolute Gasteiger partial charge is 0.368 e. The third-order valence-corrected chi connectivity index (χ3v) is 5.54. The normalized spacial score (nSPS) is 16.0. The Morgan fingerprint density at radius 1 is 1.17 bits per heavy atom. The van der Waals surface area contributed by atoms with Crippen LogP contribution in [0.4, 0.5) is 4.39 Å². The quantitative estimate of drug-likeness (QED) is 0.707. The zero-order chi connectivity index (χ0) is 21.3. The van der Waals surface area contributed by atoms with Crippen molar-refractivity contribution in [2.45, 2.75) is 31.8 Å². The van der Waals surface area contributed by atoms with Crippen molar-refractivity contribution in [1.82, 2.24) is 14.9 Å². The molecule has 0 bridgehead atoms. The summed E-state index contributed by atoms with van der Waals surface area (Å²) < 4.78 is 14.4. The van der Waals surface area contributed by atoms with Crippen molar-refractivity contribution in [3.05, 3.63) is 94.8 Å². The van der Waals surface area contributed by atoms with E-state index in [4.69, 9.17) is 5.73 Å². The number of halogens is 1. The Morgan fingerprint density at radius 2 is 1.97 bits per heavy atom. The lowest BCUT2D eigenvalue weighted by Crippen LogP contribution is -2.43. The van der Waals surface area contributed by atoms with Gasteiger partial charge in [0.2, 0.25) is 5.91 Å². The fourth-order valence-electron chi connectivity index (χ4n) is 4.16. The number of pyridine rings is 2. The van der Waals surface area contributed by atoms with Gasteiger partial charge in [-0.1, -0.05) is 18.2 Å². The lowest BCUT2D eigenvalue weighted by Gasteiger charge is -2.36. The van der Waals surface area contributed by atoms with Crippen LogP contribution in [-0.2, 0) is 11.2 Å². The van der Waals surface area contributed by atoms with Gasteiger partial charge in [-0.3, -0.25) is 19.6 Å². The zero-order valence-electron chi connectivity index (χ0n) is 16.5. The average Bonchev–Trinajstić information content (AvgIpc) is 3.17. The van der Waals surface area contributed by atoms with Gasteiger partial charge >= 0.3 is 0 Å². The summed E-state index contributed by atoms with van der Waals surface area (Å²) in [5.74, 6) is -1.37. The van der Waals surface area contributed by atoms with Crippen molar-refractivity contribution >= 4 is 11.8 Å². The Morgan fingerprint density at radius 3 is 2.67 bits per heavy atom. The molecule has 2 amide bonds. The average molecular weight is 404 g/mol. The Kier molecular flexibility index (Phi) is 5.27. The fourth-order valence-corrected chi connectivity index (χ4v) is 4.16. The van der Waals surface area contributed by atoms with Crippen molar-refractivity contribution < 1.29 is 14.0 Å². The highest BCUT2D eigenvalue weighted by molar-refractivity contribution is 5.98. The van der Waals surface area contributed by atoms with E-state index < -0.39 is 18.0 Å². The molecule has 2 atom stereocenters. The van der Waals surface area contributed by atoms with Crippen LogP contribution in [0.5, 0.6) is 0 Å².